The van der Waals surface area contributed by atoms with Crippen LogP contribution in [-0.4, -0.2) is 0 Å². The van der Waals surface area contributed by atoms with Crippen molar-refractivity contribution in [3.8, 4) is 6.19 Å². The van der Waals surface area contributed by atoms with Gasteiger partial charge in [0, 0.05) is 0 Å². The molecule has 1 aliphatic heterocycles. The van der Waals surface area contributed by atoms with E-state index < -0.39 is 0 Å². The maximum atomic E-state index is 9.36. The molecule has 1 aliphatic rings. The predicted octanol–water partition coefficient (Wildman–Crippen LogP) is 3.79. The second-order valence-electron chi connectivity index (χ2n) is 3.89. The number of rotatable bonds is 0. The van der Waals surface area contributed by atoms with Gasteiger partial charge in [0.15, 0.2) is 6.19 Å². The van der Waals surface area contributed by atoms with Crippen molar-refractivity contribution in [3.63, 3.8) is 0 Å². The maximum Gasteiger partial charge on any atom is 0.189 e. The predicted molar refractivity (Wildman–Crippen MR) is 69.6 cm³/mol. The molecule has 2 aromatic carbocycles. The van der Waals surface area contributed by atoms with Crippen LogP contribution >= 0.6 is 0 Å². The minimum Gasteiger partial charge on any atom is -0.247 e. The molecule has 0 aromatic heterocycles. The molecule has 0 spiro atoms. The van der Waals surface area contributed by atoms with Crippen molar-refractivity contribution in [1.29, 1.82) is 5.26 Å². The minimum atomic E-state index is 0.927. The molecule has 0 saturated heterocycles. The van der Waals surface area contributed by atoms with E-state index in [1.54, 1.807) is 4.90 Å². The lowest BCUT2D eigenvalue weighted by atomic mass is 10.1. The van der Waals surface area contributed by atoms with Crippen LogP contribution in [0, 0.1) is 11.5 Å². The number of anilines is 2. The molecule has 2 heteroatoms. The SMILES string of the molecule is N#CN1c2ccccc2C=Cc2ccccc21. The lowest BCUT2D eigenvalue weighted by molar-refractivity contribution is 1.27. The van der Waals surface area contributed by atoms with Gasteiger partial charge in [-0.05, 0) is 23.3 Å². The molecule has 0 fully saturated rings. The fourth-order valence-corrected chi connectivity index (χ4v) is 2.08. The summed E-state index contributed by atoms with van der Waals surface area (Å²) in [4.78, 5) is 1.67. The van der Waals surface area contributed by atoms with E-state index in [1.165, 1.54) is 0 Å². The first-order chi connectivity index (χ1) is 8.40. The van der Waals surface area contributed by atoms with Crippen molar-refractivity contribution in [3.05, 3.63) is 59.7 Å². The summed E-state index contributed by atoms with van der Waals surface area (Å²) in [5.74, 6) is 0. The van der Waals surface area contributed by atoms with Crippen LogP contribution in [-0.2, 0) is 0 Å². The van der Waals surface area contributed by atoms with Gasteiger partial charge in [0.05, 0.1) is 11.4 Å². The van der Waals surface area contributed by atoms with Crippen LogP contribution in [0.25, 0.3) is 12.2 Å². The molecule has 0 atom stereocenters. The average Bonchev–Trinajstić information content (AvgIpc) is 2.55. The molecule has 0 bridgehead atoms. The zero-order valence-electron chi connectivity index (χ0n) is 9.17. The van der Waals surface area contributed by atoms with Crippen molar-refractivity contribution in [2.45, 2.75) is 0 Å². The average molecular weight is 218 g/mol. The van der Waals surface area contributed by atoms with Crippen LogP contribution in [0.1, 0.15) is 11.1 Å². The normalized spacial score (nSPS) is 12.3. The number of para-hydroxylation sites is 2. The smallest absolute Gasteiger partial charge is 0.189 e. The number of fused-ring (bicyclic) bond motifs is 2. The van der Waals surface area contributed by atoms with Crippen LogP contribution < -0.4 is 4.90 Å². The molecule has 2 nitrogen and oxygen atoms in total. The van der Waals surface area contributed by atoms with Crippen LogP contribution in [0.5, 0.6) is 0 Å². The summed E-state index contributed by atoms with van der Waals surface area (Å²) in [6.07, 6.45) is 6.34. The molecule has 2 aromatic rings. The number of hydrogen-bond donors (Lipinski definition) is 0. The first-order valence-corrected chi connectivity index (χ1v) is 5.46. The summed E-state index contributed by atoms with van der Waals surface area (Å²) >= 11 is 0. The maximum absolute atomic E-state index is 9.36. The van der Waals surface area contributed by atoms with Crippen LogP contribution in [0.3, 0.4) is 0 Å². The first-order valence-electron chi connectivity index (χ1n) is 5.46. The van der Waals surface area contributed by atoms with Gasteiger partial charge >= 0.3 is 0 Å². The van der Waals surface area contributed by atoms with E-state index in [1.807, 2.05) is 60.7 Å². The number of nitrogens with zero attached hydrogens (tertiary/aromatic N) is 2. The van der Waals surface area contributed by atoms with E-state index >= 15 is 0 Å². The second-order valence-corrected chi connectivity index (χ2v) is 3.89. The minimum absolute atomic E-state index is 0.927. The van der Waals surface area contributed by atoms with Crippen molar-refractivity contribution < 1.29 is 0 Å². The van der Waals surface area contributed by atoms with Gasteiger partial charge in [-0.2, -0.15) is 5.26 Å². The van der Waals surface area contributed by atoms with Gasteiger partial charge in [-0.25, -0.2) is 4.90 Å². The molecule has 0 aliphatic carbocycles. The Kier molecular flexibility index (Phi) is 2.16. The Bertz CT molecular complexity index is 586. The zero-order chi connectivity index (χ0) is 11.7. The van der Waals surface area contributed by atoms with Gasteiger partial charge in [0.1, 0.15) is 0 Å². The Labute approximate surface area is 100 Å². The third-order valence-corrected chi connectivity index (χ3v) is 2.90. The fourth-order valence-electron chi connectivity index (χ4n) is 2.08. The van der Waals surface area contributed by atoms with E-state index in [4.69, 9.17) is 0 Å². The highest BCUT2D eigenvalue weighted by Gasteiger charge is 2.16. The lowest BCUT2D eigenvalue weighted by Gasteiger charge is -2.17. The van der Waals surface area contributed by atoms with Crippen LogP contribution in [0.4, 0.5) is 11.4 Å². The lowest BCUT2D eigenvalue weighted by Crippen LogP contribution is -2.10. The van der Waals surface area contributed by atoms with Crippen LogP contribution in [0.2, 0.25) is 0 Å². The van der Waals surface area contributed by atoms with Gasteiger partial charge in [-0.3, -0.25) is 0 Å². The molecule has 0 unspecified atom stereocenters. The van der Waals surface area contributed by atoms with Crippen molar-refractivity contribution in [1.82, 2.24) is 0 Å². The van der Waals surface area contributed by atoms with E-state index in [0.717, 1.165) is 22.5 Å². The highest BCUT2D eigenvalue weighted by atomic mass is 15.1. The Hall–Kier alpha value is -2.53. The molecular weight excluding hydrogens is 208 g/mol. The molecule has 0 amide bonds. The molecule has 0 N–H and O–H groups in total. The summed E-state index contributed by atoms with van der Waals surface area (Å²) in [6.45, 7) is 0. The molecule has 0 saturated carbocycles. The second kappa shape index (κ2) is 3.80. The summed E-state index contributed by atoms with van der Waals surface area (Å²) < 4.78 is 0. The monoisotopic (exact) mass is 218 g/mol. The van der Waals surface area contributed by atoms with Gasteiger partial charge in [-0.1, -0.05) is 48.6 Å². The van der Waals surface area contributed by atoms with Gasteiger partial charge in [-0.15, -0.1) is 0 Å². The summed E-state index contributed by atoms with van der Waals surface area (Å²) in [6, 6.07) is 15.8. The Balaban J connectivity index is 2.30. The topological polar surface area (TPSA) is 27.0 Å². The standard InChI is InChI=1S/C15H10N2/c16-11-17-14-7-3-1-5-12(14)9-10-13-6-2-4-8-15(13)17/h1-10H. The van der Waals surface area contributed by atoms with E-state index in [9.17, 15) is 5.26 Å². The Morgan fingerprint density at radius 1 is 0.765 bits per heavy atom. The van der Waals surface area contributed by atoms with Crippen molar-refractivity contribution >= 4 is 23.5 Å². The Morgan fingerprint density at radius 2 is 1.24 bits per heavy atom. The van der Waals surface area contributed by atoms with Gasteiger partial charge < -0.3 is 0 Å². The van der Waals surface area contributed by atoms with E-state index in [-0.39, 0.29) is 0 Å². The molecule has 80 valence electrons. The highest BCUT2D eigenvalue weighted by Crippen LogP contribution is 2.35. The Morgan fingerprint density at radius 3 is 1.71 bits per heavy atom. The quantitative estimate of drug-likeness (QED) is 0.629. The molecule has 1 heterocycles. The molecule has 3 rings (SSSR count). The van der Waals surface area contributed by atoms with E-state index in [2.05, 4.69) is 6.19 Å². The summed E-state index contributed by atoms with van der Waals surface area (Å²) in [5, 5.41) is 9.36. The zero-order valence-corrected chi connectivity index (χ0v) is 9.17. The van der Waals surface area contributed by atoms with Crippen LogP contribution in [0.15, 0.2) is 48.5 Å². The van der Waals surface area contributed by atoms with Gasteiger partial charge in [0.2, 0.25) is 0 Å². The first kappa shape index (κ1) is 9.68. The number of nitriles is 1. The largest absolute Gasteiger partial charge is 0.247 e. The molecule has 17 heavy (non-hydrogen) atoms. The molecule has 0 radical (unpaired) electrons. The summed E-state index contributed by atoms with van der Waals surface area (Å²) in [5.41, 5.74) is 3.97. The highest BCUT2D eigenvalue weighted by molar-refractivity contribution is 5.89. The number of hydrogen-bond acceptors (Lipinski definition) is 2. The molecular formula is C15H10N2. The third kappa shape index (κ3) is 1.49. The summed E-state index contributed by atoms with van der Waals surface area (Å²) in [7, 11) is 0. The number of benzene rings is 2. The van der Waals surface area contributed by atoms with Gasteiger partial charge in [0.25, 0.3) is 0 Å². The van der Waals surface area contributed by atoms with E-state index in [0.29, 0.717) is 0 Å². The third-order valence-electron chi connectivity index (χ3n) is 2.90. The van der Waals surface area contributed by atoms with Crippen molar-refractivity contribution in [2.75, 3.05) is 4.90 Å². The fraction of sp³-hybridized carbons (Fsp3) is 0. The van der Waals surface area contributed by atoms with Crippen molar-refractivity contribution in [2.24, 2.45) is 0 Å².